The van der Waals surface area contributed by atoms with Gasteiger partial charge >= 0.3 is 0 Å². The zero-order chi connectivity index (χ0) is 13.3. The molecule has 3 N–H and O–H groups in total. The molecule has 18 heavy (non-hydrogen) atoms. The molecule has 0 spiro atoms. The zero-order valence-corrected chi connectivity index (χ0v) is 12.8. The largest absolute Gasteiger partial charge is 0.397 e. The number of anilines is 2. The predicted molar refractivity (Wildman–Crippen MR) is 78.5 cm³/mol. The number of carbonyl (C=O) groups is 1. The SMILES string of the molecule is Nc1ccc(F)cc1NC(=O)c1cc(Br)sc1Br. The Kier molecular flexibility index (Phi) is 4.04. The third-order valence-corrected chi connectivity index (χ3v) is 4.50. The highest BCUT2D eigenvalue weighted by Crippen LogP contribution is 2.32. The first-order valence-corrected chi connectivity index (χ1v) is 7.19. The molecule has 0 bridgehead atoms. The van der Waals surface area contributed by atoms with E-state index in [9.17, 15) is 9.18 Å². The average molecular weight is 394 g/mol. The maximum Gasteiger partial charge on any atom is 0.257 e. The van der Waals surface area contributed by atoms with Crippen molar-refractivity contribution in [3.05, 3.63) is 43.2 Å². The number of benzene rings is 1. The Morgan fingerprint density at radius 3 is 2.67 bits per heavy atom. The van der Waals surface area contributed by atoms with Crippen molar-refractivity contribution in [1.29, 1.82) is 0 Å². The highest BCUT2D eigenvalue weighted by molar-refractivity contribution is 9.12. The Bertz CT molecular complexity index is 615. The van der Waals surface area contributed by atoms with Crippen molar-refractivity contribution in [3.8, 4) is 0 Å². The number of carbonyl (C=O) groups excluding carboxylic acids is 1. The minimum atomic E-state index is -0.454. The number of hydrogen-bond acceptors (Lipinski definition) is 3. The number of halogens is 3. The first-order valence-electron chi connectivity index (χ1n) is 4.78. The second-order valence-corrected chi connectivity index (χ2v) is 7.17. The summed E-state index contributed by atoms with van der Waals surface area (Å²) in [5.41, 5.74) is 6.70. The molecule has 1 aromatic carbocycles. The van der Waals surface area contributed by atoms with Crippen LogP contribution in [0.4, 0.5) is 15.8 Å². The van der Waals surface area contributed by atoms with E-state index in [1.165, 1.54) is 29.5 Å². The number of rotatable bonds is 2. The maximum atomic E-state index is 13.1. The fraction of sp³-hybridized carbons (Fsp3) is 0. The van der Waals surface area contributed by atoms with E-state index in [2.05, 4.69) is 37.2 Å². The number of nitrogen functional groups attached to an aromatic ring is 1. The number of hydrogen-bond donors (Lipinski definition) is 2. The molecule has 1 aromatic heterocycles. The van der Waals surface area contributed by atoms with Gasteiger partial charge in [0.05, 0.1) is 24.5 Å². The van der Waals surface area contributed by atoms with Gasteiger partial charge in [-0.25, -0.2) is 4.39 Å². The molecule has 0 aliphatic rings. The normalized spacial score (nSPS) is 10.4. The van der Waals surface area contributed by atoms with Crippen LogP contribution in [0.5, 0.6) is 0 Å². The Morgan fingerprint density at radius 2 is 2.06 bits per heavy atom. The first kappa shape index (κ1) is 13.5. The molecule has 3 nitrogen and oxygen atoms in total. The predicted octanol–water partition coefficient (Wildman–Crippen LogP) is 4.25. The highest BCUT2D eigenvalue weighted by atomic mass is 79.9. The topological polar surface area (TPSA) is 55.1 Å². The summed E-state index contributed by atoms with van der Waals surface area (Å²) in [6, 6.07) is 5.51. The lowest BCUT2D eigenvalue weighted by Gasteiger charge is -2.07. The summed E-state index contributed by atoms with van der Waals surface area (Å²) in [5, 5.41) is 2.57. The molecule has 1 heterocycles. The van der Waals surface area contributed by atoms with Gasteiger partial charge in [0, 0.05) is 0 Å². The molecule has 0 radical (unpaired) electrons. The summed E-state index contributed by atoms with van der Waals surface area (Å²) >= 11 is 7.96. The van der Waals surface area contributed by atoms with E-state index in [0.717, 1.165) is 3.79 Å². The van der Waals surface area contributed by atoms with Gasteiger partial charge in [-0.2, -0.15) is 0 Å². The van der Waals surface area contributed by atoms with Crippen molar-refractivity contribution >= 4 is 60.5 Å². The van der Waals surface area contributed by atoms with E-state index < -0.39 is 5.82 Å². The summed E-state index contributed by atoms with van der Waals surface area (Å²) < 4.78 is 14.6. The molecule has 7 heteroatoms. The van der Waals surface area contributed by atoms with Crippen LogP contribution < -0.4 is 11.1 Å². The molecule has 0 atom stereocenters. The highest BCUT2D eigenvalue weighted by Gasteiger charge is 2.15. The van der Waals surface area contributed by atoms with Crippen LogP contribution in [0.1, 0.15) is 10.4 Å². The van der Waals surface area contributed by atoms with Crippen molar-refractivity contribution in [2.45, 2.75) is 0 Å². The van der Waals surface area contributed by atoms with Crippen LogP contribution in [0.3, 0.4) is 0 Å². The maximum absolute atomic E-state index is 13.1. The third-order valence-electron chi connectivity index (χ3n) is 2.16. The van der Waals surface area contributed by atoms with Crippen LogP contribution in [0.25, 0.3) is 0 Å². The third kappa shape index (κ3) is 2.90. The van der Waals surface area contributed by atoms with E-state index in [1.807, 2.05) is 0 Å². The van der Waals surface area contributed by atoms with E-state index >= 15 is 0 Å². The lowest BCUT2D eigenvalue weighted by molar-refractivity contribution is 0.102. The van der Waals surface area contributed by atoms with Gasteiger partial charge in [-0.3, -0.25) is 4.79 Å². The van der Waals surface area contributed by atoms with Gasteiger partial charge in [0.2, 0.25) is 0 Å². The van der Waals surface area contributed by atoms with Crippen molar-refractivity contribution in [2.75, 3.05) is 11.1 Å². The standard InChI is InChI=1S/C11H7Br2FN2OS/c12-9-4-6(10(13)18-9)11(17)16-8-3-5(14)1-2-7(8)15/h1-4H,15H2,(H,16,17). The Morgan fingerprint density at radius 1 is 1.33 bits per heavy atom. The van der Waals surface area contributed by atoms with E-state index in [4.69, 9.17) is 5.73 Å². The number of nitrogens with two attached hydrogens (primary N) is 1. The molecule has 1 amide bonds. The van der Waals surface area contributed by atoms with Crippen molar-refractivity contribution in [3.63, 3.8) is 0 Å². The Labute approximate surface area is 123 Å². The van der Waals surface area contributed by atoms with E-state index in [-0.39, 0.29) is 11.6 Å². The van der Waals surface area contributed by atoms with Crippen molar-refractivity contribution in [1.82, 2.24) is 0 Å². The summed E-state index contributed by atoms with van der Waals surface area (Å²) in [6.45, 7) is 0. The fourth-order valence-electron chi connectivity index (χ4n) is 1.32. The second kappa shape index (κ2) is 5.38. The summed E-state index contributed by atoms with van der Waals surface area (Å²) in [7, 11) is 0. The van der Waals surface area contributed by atoms with E-state index in [1.54, 1.807) is 6.07 Å². The summed E-state index contributed by atoms with van der Waals surface area (Å²) in [4.78, 5) is 12.0. The Balaban J connectivity index is 2.26. The molecule has 0 saturated heterocycles. The van der Waals surface area contributed by atoms with Crippen LogP contribution in [0.15, 0.2) is 31.8 Å². The van der Waals surface area contributed by atoms with Crippen molar-refractivity contribution in [2.24, 2.45) is 0 Å². The number of nitrogens with one attached hydrogen (secondary N) is 1. The molecule has 94 valence electrons. The molecule has 2 rings (SSSR count). The lowest BCUT2D eigenvalue weighted by Crippen LogP contribution is -2.13. The molecule has 0 aliphatic carbocycles. The minimum absolute atomic E-state index is 0.259. The Hall–Kier alpha value is -0.920. The first-order chi connectivity index (χ1) is 8.47. The monoisotopic (exact) mass is 392 g/mol. The van der Waals surface area contributed by atoms with Crippen molar-refractivity contribution < 1.29 is 9.18 Å². The smallest absolute Gasteiger partial charge is 0.257 e. The van der Waals surface area contributed by atoms with Crippen LogP contribution in [0.2, 0.25) is 0 Å². The van der Waals surface area contributed by atoms with Crippen LogP contribution >= 0.6 is 43.2 Å². The van der Waals surface area contributed by atoms with Gasteiger partial charge in [0.1, 0.15) is 5.82 Å². The molecule has 0 saturated carbocycles. The van der Waals surface area contributed by atoms with Crippen LogP contribution in [0, 0.1) is 5.82 Å². The molecule has 0 unspecified atom stereocenters. The van der Waals surface area contributed by atoms with Gasteiger partial charge in [-0.1, -0.05) is 0 Å². The fourth-order valence-corrected chi connectivity index (χ4v) is 4.11. The quantitative estimate of drug-likeness (QED) is 0.749. The zero-order valence-electron chi connectivity index (χ0n) is 8.84. The van der Waals surface area contributed by atoms with Crippen LogP contribution in [-0.2, 0) is 0 Å². The molecular weight excluding hydrogens is 387 g/mol. The van der Waals surface area contributed by atoms with Gasteiger partial charge < -0.3 is 11.1 Å². The average Bonchev–Trinajstić information content (AvgIpc) is 2.63. The molecular formula is C11H7Br2FN2OS. The van der Waals surface area contributed by atoms with E-state index in [0.29, 0.717) is 15.0 Å². The lowest BCUT2D eigenvalue weighted by atomic mass is 10.2. The summed E-state index contributed by atoms with van der Waals surface area (Å²) in [6.07, 6.45) is 0. The van der Waals surface area contributed by atoms with Gasteiger partial charge in [-0.05, 0) is 56.1 Å². The molecule has 0 aliphatic heterocycles. The second-order valence-electron chi connectivity index (χ2n) is 3.42. The number of thiophene rings is 1. The number of amides is 1. The summed E-state index contributed by atoms with van der Waals surface area (Å²) in [5.74, 6) is -0.800. The van der Waals surface area contributed by atoms with Gasteiger partial charge in [0.25, 0.3) is 5.91 Å². The van der Waals surface area contributed by atoms with Crippen LogP contribution in [-0.4, -0.2) is 5.91 Å². The van der Waals surface area contributed by atoms with Gasteiger partial charge in [-0.15, -0.1) is 11.3 Å². The van der Waals surface area contributed by atoms with Gasteiger partial charge in [0.15, 0.2) is 0 Å². The minimum Gasteiger partial charge on any atom is -0.397 e. The molecule has 2 aromatic rings. The molecule has 0 fully saturated rings.